The fraction of sp³-hybridized carbons (Fsp3) is 0.231. The van der Waals surface area contributed by atoms with E-state index < -0.39 is 7.12 Å². The van der Waals surface area contributed by atoms with Crippen molar-refractivity contribution in [3.63, 3.8) is 0 Å². The van der Waals surface area contributed by atoms with Crippen molar-refractivity contribution < 1.29 is 9.31 Å². The van der Waals surface area contributed by atoms with Crippen LogP contribution in [0.4, 0.5) is 0 Å². The molecule has 160 valence electrons. The minimum atomic E-state index is -0.397. The Morgan fingerprint density at radius 2 is 1.44 bits per heavy atom. The van der Waals surface area contributed by atoms with Crippen molar-refractivity contribution in [1.29, 1.82) is 0 Å². The molecule has 1 fully saturated rings. The first-order valence-electron chi connectivity index (χ1n) is 10.8. The molecule has 0 bridgehead atoms. The zero-order valence-electron chi connectivity index (χ0n) is 18.7. The second-order valence-corrected chi connectivity index (χ2v) is 9.22. The lowest BCUT2D eigenvalue weighted by atomic mass is 9.78. The fourth-order valence-corrected chi connectivity index (χ4v) is 3.89. The average molecular weight is 424 g/mol. The van der Waals surface area contributed by atoms with Crippen LogP contribution in [0.3, 0.4) is 0 Å². The molecule has 1 saturated heterocycles. The fourth-order valence-electron chi connectivity index (χ4n) is 3.89. The Morgan fingerprint density at radius 3 is 2.16 bits per heavy atom. The molecule has 5 rings (SSSR count). The number of hydrogen-bond acceptors (Lipinski definition) is 4. The van der Waals surface area contributed by atoms with Gasteiger partial charge in [0, 0.05) is 5.56 Å². The Labute approximate surface area is 187 Å². The molecule has 0 radical (unpaired) electrons. The number of H-pyrrole nitrogens is 1. The Hall–Kier alpha value is -3.22. The van der Waals surface area contributed by atoms with Crippen molar-refractivity contribution >= 4 is 23.5 Å². The number of benzene rings is 3. The van der Waals surface area contributed by atoms with Crippen LogP contribution in [0.25, 0.3) is 33.4 Å². The van der Waals surface area contributed by atoms with E-state index >= 15 is 0 Å². The summed E-state index contributed by atoms with van der Waals surface area (Å²) in [5.74, 6) is 0.561. The summed E-state index contributed by atoms with van der Waals surface area (Å²) in [6.45, 7) is 8.23. The molecule has 0 spiro atoms. The summed E-state index contributed by atoms with van der Waals surface area (Å²) >= 11 is 0. The molecule has 3 aromatic carbocycles. The van der Waals surface area contributed by atoms with Crippen LogP contribution in [-0.2, 0) is 9.31 Å². The maximum absolute atomic E-state index is 12.4. The van der Waals surface area contributed by atoms with E-state index in [1.165, 1.54) is 0 Å². The van der Waals surface area contributed by atoms with Crippen molar-refractivity contribution in [1.82, 2.24) is 9.97 Å². The van der Waals surface area contributed by atoms with Gasteiger partial charge in [-0.05, 0) is 56.4 Å². The van der Waals surface area contributed by atoms with Crippen molar-refractivity contribution in [2.45, 2.75) is 38.9 Å². The second-order valence-electron chi connectivity index (χ2n) is 9.22. The largest absolute Gasteiger partial charge is 0.494 e. The maximum atomic E-state index is 12.4. The van der Waals surface area contributed by atoms with E-state index in [0.717, 1.165) is 22.2 Å². The van der Waals surface area contributed by atoms with Gasteiger partial charge < -0.3 is 14.3 Å². The number of fused-ring (bicyclic) bond motifs is 1. The lowest BCUT2D eigenvalue weighted by Crippen LogP contribution is -2.41. The van der Waals surface area contributed by atoms with Crippen LogP contribution in [0.5, 0.6) is 0 Å². The topological polar surface area (TPSA) is 64.2 Å². The molecule has 0 unspecified atom stereocenters. The molecule has 0 amide bonds. The summed E-state index contributed by atoms with van der Waals surface area (Å²) in [7, 11) is -0.397. The average Bonchev–Trinajstić information content (AvgIpc) is 3.01. The van der Waals surface area contributed by atoms with Gasteiger partial charge >= 0.3 is 7.12 Å². The van der Waals surface area contributed by atoms with Gasteiger partial charge in [0.05, 0.1) is 22.1 Å². The molecule has 32 heavy (non-hydrogen) atoms. The standard InChI is InChI=1S/C26H25BN2O3/c1-25(2)26(3,4)32-27(31-25)20-9-7-8-19(16-20)17-12-14-18(15-13-17)23-28-22-11-6-5-10-21(22)24(30)29-23/h5-16H,1-4H3,(H,28,29,30). The smallest absolute Gasteiger partial charge is 0.399 e. The number of hydrogen-bond donors (Lipinski definition) is 1. The molecule has 4 aromatic rings. The number of nitrogens with one attached hydrogen (secondary N) is 1. The van der Waals surface area contributed by atoms with E-state index in [9.17, 15) is 4.79 Å². The molecular weight excluding hydrogens is 399 g/mol. The molecule has 0 aliphatic carbocycles. The molecule has 0 saturated carbocycles. The SMILES string of the molecule is CC1(C)OB(c2cccc(-c3ccc(-c4nc5ccccc5c(=O)[nH]4)cc3)c2)OC1(C)C. The molecule has 1 N–H and O–H groups in total. The maximum Gasteiger partial charge on any atom is 0.494 e. The van der Waals surface area contributed by atoms with Crippen molar-refractivity contribution in [2.75, 3.05) is 0 Å². The van der Waals surface area contributed by atoms with Crippen LogP contribution in [0.15, 0.2) is 77.6 Å². The van der Waals surface area contributed by atoms with Crippen LogP contribution in [0.2, 0.25) is 0 Å². The van der Waals surface area contributed by atoms with Gasteiger partial charge in [0.15, 0.2) is 0 Å². The van der Waals surface area contributed by atoms with Crippen LogP contribution in [-0.4, -0.2) is 28.3 Å². The van der Waals surface area contributed by atoms with Gasteiger partial charge in [-0.2, -0.15) is 0 Å². The van der Waals surface area contributed by atoms with Gasteiger partial charge in [0.25, 0.3) is 5.56 Å². The summed E-state index contributed by atoms with van der Waals surface area (Å²) in [6.07, 6.45) is 0. The Kier molecular flexibility index (Phi) is 4.80. The number of aromatic amines is 1. The molecular formula is C26H25BN2O3. The van der Waals surface area contributed by atoms with E-state index in [1.54, 1.807) is 6.07 Å². The number of nitrogens with zero attached hydrogens (tertiary/aromatic N) is 1. The van der Waals surface area contributed by atoms with Crippen LogP contribution >= 0.6 is 0 Å². The Bertz CT molecular complexity index is 1340. The molecule has 2 heterocycles. The van der Waals surface area contributed by atoms with Crippen LogP contribution < -0.4 is 11.0 Å². The summed E-state index contributed by atoms with van der Waals surface area (Å²) in [5.41, 5.74) is 3.79. The molecule has 6 heteroatoms. The van der Waals surface area contributed by atoms with Gasteiger partial charge in [-0.3, -0.25) is 4.79 Å². The van der Waals surface area contributed by atoms with E-state index in [1.807, 2.05) is 54.6 Å². The second kappa shape index (κ2) is 7.43. The highest BCUT2D eigenvalue weighted by Crippen LogP contribution is 2.36. The first kappa shape index (κ1) is 20.7. The normalized spacial score (nSPS) is 17.1. The molecule has 1 aliphatic rings. The highest BCUT2D eigenvalue weighted by molar-refractivity contribution is 6.62. The number of aromatic nitrogens is 2. The van der Waals surface area contributed by atoms with Gasteiger partial charge in [0.1, 0.15) is 5.82 Å². The molecule has 1 aliphatic heterocycles. The molecule has 0 atom stereocenters. The number of rotatable bonds is 3. The molecule has 1 aromatic heterocycles. The number of para-hydroxylation sites is 1. The minimum absolute atomic E-state index is 0.134. The summed E-state index contributed by atoms with van der Waals surface area (Å²) in [5, 5.41) is 0.590. The highest BCUT2D eigenvalue weighted by atomic mass is 16.7. The third-order valence-electron chi connectivity index (χ3n) is 6.52. The quantitative estimate of drug-likeness (QED) is 0.490. The van der Waals surface area contributed by atoms with Crippen LogP contribution in [0.1, 0.15) is 27.7 Å². The molecule has 5 nitrogen and oxygen atoms in total. The zero-order valence-corrected chi connectivity index (χ0v) is 18.7. The van der Waals surface area contributed by atoms with Gasteiger partial charge in [0.2, 0.25) is 0 Å². The van der Waals surface area contributed by atoms with E-state index in [4.69, 9.17) is 9.31 Å². The van der Waals surface area contributed by atoms with Gasteiger partial charge in [-0.1, -0.05) is 60.7 Å². The summed E-state index contributed by atoms with van der Waals surface area (Å²) < 4.78 is 12.4. The Morgan fingerprint density at radius 1 is 0.781 bits per heavy atom. The first-order chi connectivity index (χ1) is 15.2. The lowest BCUT2D eigenvalue weighted by Gasteiger charge is -2.32. The van der Waals surface area contributed by atoms with E-state index in [-0.39, 0.29) is 16.8 Å². The predicted octanol–water partition coefficient (Wildman–Crippen LogP) is 4.56. The first-order valence-corrected chi connectivity index (χ1v) is 10.8. The van der Waals surface area contributed by atoms with Crippen molar-refractivity contribution in [2.24, 2.45) is 0 Å². The minimum Gasteiger partial charge on any atom is -0.399 e. The van der Waals surface area contributed by atoms with Crippen molar-refractivity contribution in [3.05, 3.63) is 83.2 Å². The zero-order chi connectivity index (χ0) is 22.5. The Balaban J connectivity index is 1.44. The third-order valence-corrected chi connectivity index (χ3v) is 6.52. The van der Waals surface area contributed by atoms with E-state index in [2.05, 4.69) is 49.8 Å². The highest BCUT2D eigenvalue weighted by Gasteiger charge is 2.51. The van der Waals surface area contributed by atoms with E-state index in [0.29, 0.717) is 16.7 Å². The predicted molar refractivity (Wildman–Crippen MR) is 129 cm³/mol. The monoisotopic (exact) mass is 424 g/mol. The summed E-state index contributed by atoms with van der Waals surface area (Å²) in [4.78, 5) is 19.9. The lowest BCUT2D eigenvalue weighted by molar-refractivity contribution is 0.00578. The van der Waals surface area contributed by atoms with Crippen molar-refractivity contribution in [3.8, 4) is 22.5 Å². The van der Waals surface area contributed by atoms with Crippen LogP contribution in [0, 0.1) is 0 Å². The third kappa shape index (κ3) is 3.55. The van der Waals surface area contributed by atoms with Gasteiger partial charge in [-0.25, -0.2) is 4.98 Å². The van der Waals surface area contributed by atoms with Gasteiger partial charge in [-0.15, -0.1) is 0 Å². The summed E-state index contributed by atoms with van der Waals surface area (Å²) in [6, 6.07) is 23.6.